The Bertz CT molecular complexity index is 1330. The summed E-state index contributed by atoms with van der Waals surface area (Å²) < 4.78 is 132. The number of methoxy groups -OCH3 is 1. The molecule has 2 unspecified atom stereocenters. The Morgan fingerprint density at radius 3 is 1.78 bits per heavy atom. The van der Waals surface area contributed by atoms with Gasteiger partial charge in [-0.2, -0.15) is 39.5 Å². The molecule has 224 valence electrons. The Morgan fingerprint density at radius 1 is 0.829 bits per heavy atom. The Labute approximate surface area is 226 Å². The fourth-order valence-electron chi connectivity index (χ4n) is 4.41. The molecular weight excluding hydrogens is 577 g/mol. The lowest BCUT2D eigenvalue weighted by Gasteiger charge is -2.39. The molecule has 41 heavy (non-hydrogen) atoms. The molecule has 1 aliphatic heterocycles. The molecule has 0 fully saturated rings. The highest BCUT2D eigenvalue weighted by molar-refractivity contribution is 6.04. The van der Waals surface area contributed by atoms with Crippen LogP contribution in [0.5, 0.6) is 0 Å². The van der Waals surface area contributed by atoms with Crippen LogP contribution in [0.2, 0.25) is 0 Å². The second-order valence-corrected chi connectivity index (χ2v) is 8.85. The number of aliphatic hydroxyl groups is 1. The van der Waals surface area contributed by atoms with E-state index >= 15 is 0 Å². The first-order valence-corrected chi connectivity index (χ1v) is 11.8. The van der Waals surface area contributed by atoms with E-state index in [2.05, 4.69) is 4.74 Å². The zero-order valence-electron chi connectivity index (χ0n) is 21.5. The van der Waals surface area contributed by atoms with Crippen LogP contribution in [0.1, 0.15) is 48.1 Å². The van der Waals surface area contributed by atoms with Crippen molar-refractivity contribution in [3.8, 4) is 0 Å². The molecule has 1 aliphatic rings. The van der Waals surface area contributed by atoms with Gasteiger partial charge in [0.25, 0.3) is 0 Å². The van der Waals surface area contributed by atoms with Gasteiger partial charge in [0.1, 0.15) is 0 Å². The molecule has 2 aromatic rings. The molecule has 2 aromatic carbocycles. The van der Waals surface area contributed by atoms with Crippen LogP contribution in [0.25, 0.3) is 5.57 Å². The topological polar surface area (TPSA) is 76.1 Å². The summed E-state index contributed by atoms with van der Waals surface area (Å²) in [7, 11) is 0.671. The van der Waals surface area contributed by atoms with Crippen LogP contribution >= 0.6 is 0 Å². The minimum absolute atomic E-state index is 0.0313. The molecule has 0 spiro atoms. The third-order valence-corrected chi connectivity index (χ3v) is 6.32. The number of amides is 1. The van der Waals surface area contributed by atoms with Crippen LogP contribution in [0, 0.1) is 0 Å². The van der Waals surface area contributed by atoms with Gasteiger partial charge in [-0.25, -0.2) is 9.59 Å². The molecule has 6 nitrogen and oxygen atoms in total. The zero-order valence-corrected chi connectivity index (χ0v) is 21.5. The van der Waals surface area contributed by atoms with Gasteiger partial charge in [-0.05, 0) is 49.7 Å². The van der Waals surface area contributed by atoms with Crippen molar-refractivity contribution in [2.75, 3.05) is 18.6 Å². The summed E-state index contributed by atoms with van der Waals surface area (Å²) in [4.78, 5) is 26.7. The van der Waals surface area contributed by atoms with Gasteiger partial charge in [0.15, 0.2) is 0 Å². The number of carbonyl (C=O) groups is 2. The first-order valence-electron chi connectivity index (χ1n) is 11.8. The number of carbonyl (C=O) groups excluding carboxylic acids is 2. The lowest BCUT2D eigenvalue weighted by Crippen LogP contribution is -2.46. The minimum atomic E-state index is -5.39. The third-order valence-electron chi connectivity index (χ3n) is 6.32. The van der Waals surface area contributed by atoms with Gasteiger partial charge >= 0.3 is 30.6 Å². The van der Waals surface area contributed by atoms with Crippen molar-refractivity contribution < 1.29 is 63.7 Å². The van der Waals surface area contributed by atoms with E-state index in [1.165, 1.54) is 13.8 Å². The van der Waals surface area contributed by atoms with Crippen molar-refractivity contribution >= 4 is 23.3 Å². The third kappa shape index (κ3) is 5.99. The van der Waals surface area contributed by atoms with Gasteiger partial charge in [0, 0.05) is 16.7 Å². The van der Waals surface area contributed by atoms with Crippen LogP contribution < -0.4 is 4.90 Å². The highest BCUT2D eigenvalue weighted by atomic mass is 19.4. The SMILES string of the molecule is CCOC(=O)N1c2ccc(C(F)(F)F)cc2C(C(O)(C(=O)OC)c2cc(C(F)(F)F)cc(C(F)(F)F)c2)=CC1CC. The molecule has 1 N–H and O–H groups in total. The maximum atomic E-state index is 13.7. The summed E-state index contributed by atoms with van der Waals surface area (Å²) in [6.45, 7) is 2.78. The van der Waals surface area contributed by atoms with Gasteiger partial charge < -0.3 is 14.6 Å². The van der Waals surface area contributed by atoms with Crippen LogP contribution in [0.3, 0.4) is 0 Å². The number of halogens is 9. The number of rotatable bonds is 5. The molecule has 0 bridgehead atoms. The molecule has 1 heterocycles. The Morgan fingerprint density at radius 2 is 1.34 bits per heavy atom. The number of benzene rings is 2. The van der Waals surface area contributed by atoms with Gasteiger partial charge in [-0.15, -0.1) is 0 Å². The lowest BCUT2D eigenvalue weighted by atomic mass is 9.77. The van der Waals surface area contributed by atoms with E-state index in [0.29, 0.717) is 19.2 Å². The van der Waals surface area contributed by atoms with Crippen molar-refractivity contribution in [2.24, 2.45) is 0 Å². The second kappa shape index (κ2) is 10.9. The summed E-state index contributed by atoms with van der Waals surface area (Å²) in [6, 6.07) is 0.518. The summed E-state index contributed by atoms with van der Waals surface area (Å²) >= 11 is 0. The number of anilines is 1. The van der Waals surface area contributed by atoms with E-state index in [1.807, 2.05) is 0 Å². The number of hydrogen-bond acceptors (Lipinski definition) is 5. The maximum Gasteiger partial charge on any atom is 0.416 e. The Hall–Kier alpha value is -3.75. The first-order chi connectivity index (χ1) is 18.8. The maximum absolute atomic E-state index is 13.7. The van der Waals surface area contributed by atoms with Crippen molar-refractivity contribution in [2.45, 2.75) is 50.4 Å². The van der Waals surface area contributed by atoms with Crippen molar-refractivity contribution in [3.63, 3.8) is 0 Å². The highest BCUT2D eigenvalue weighted by Gasteiger charge is 2.50. The number of hydrogen-bond donors (Lipinski definition) is 1. The molecule has 0 saturated heterocycles. The van der Waals surface area contributed by atoms with Gasteiger partial charge in [0.2, 0.25) is 5.60 Å². The summed E-state index contributed by atoms with van der Waals surface area (Å²) in [6.07, 6.45) is -16.0. The first kappa shape index (κ1) is 31.8. The number of alkyl halides is 9. The quantitative estimate of drug-likeness (QED) is 0.298. The molecule has 0 radical (unpaired) electrons. The molecule has 0 saturated carbocycles. The van der Waals surface area contributed by atoms with E-state index in [9.17, 15) is 54.2 Å². The predicted molar refractivity (Wildman–Crippen MR) is 125 cm³/mol. The molecule has 1 amide bonds. The lowest BCUT2D eigenvalue weighted by molar-refractivity contribution is -0.158. The Balaban J connectivity index is 2.48. The monoisotopic (exact) mass is 599 g/mol. The van der Waals surface area contributed by atoms with Crippen LogP contribution in [0.4, 0.5) is 50.0 Å². The smallest absolute Gasteiger partial charge is 0.416 e. The van der Waals surface area contributed by atoms with Gasteiger partial charge in [0.05, 0.1) is 42.1 Å². The fourth-order valence-corrected chi connectivity index (χ4v) is 4.41. The minimum Gasteiger partial charge on any atom is -0.466 e. The molecule has 15 heteroatoms. The molecular formula is C26H22F9NO5. The summed E-state index contributed by atoms with van der Waals surface area (Å²) in [5.74, 6) is -1.79. The summed E-state index contributed by atoms with van der Waals surface area (Å²) in [5, 5.41) is 11.7. The van der Waals surface area contributed by atoms with Crippen molar-refractivity contribution in [1.82, 2.24) is 0 Å². The standard InChI is InChI=1S/C26H22F9NO5/c1-4-17-12-19(18-11-13(24(27,28)29)6-7-20(18)36(17)22(38)41-5-2)23(39,21(37)40-3)14-8-15(25(30,31)32)10-16(9-14)26(33,34)35/h6-12,17,39H,4-5H2,1-3H3. The average molecular weight is 599 g/mol. The number of esters is 1. The zero-order chi connectivity index (χ0) is 31.1. The van der Waals surface area contributed by atoms with Crippen molar-refractivity contribution in [3.05, 3.63) is 70.3 Å². The largest absolute Gasteiger partial charge is 0.466 e. The fraction of sp³-hybridized carbons (Fsp3) is 0.385. The molecule has 0 aliphatic carbocycles. The second-order valence-electron chi connectivity index (χ2n) is 8.85. The number of nitrogens with zero attached hydrogens (tertiary/aromatic N) is 1. The van der Waals surface area contributed by atoms with Crippen LogP contribution in [-0.2, 0) is 38.4 Å². The van der Waals surface area contributed by atoms with E-state index < -0.39 is 75.6 Å². The number of fused-ring (bicyclic) bond motifs is 1. The molecule has 0 aromatic heterocycles. The van der Waals surface area contributed by atoms with Crippen LogP contribution in [0.15, 0.2) is 42.5 Å². The summed E-state index contributed by atoms with van der Waals surface area (Å²) in [5.41, 5.74) is -11.8. The number of ether oxygens (including phenoxy) is 2. The molecule has 2 atom stereocenters. The van der Waals surface area contributed by atoms with Gasteiger partial charge in [-0.1, -0.05) is 13.0 Å². The van der Waals surface area contributed by atoms with Crippen LogP contribution in [-0.4, -0.2) is 36.9 Å². The van der Waals surface area contributed by atoms with E-state index in [-0.39, 0.29) is 36.9 Å². The van der Waals surface area contributed by atoms with Gasteiger partial charge in [-0.3, -0.25) is 4.90 Å². The highest BCUT2D eigenvalue weighted by Crippen LogP contribution is 2.49. The Kier molecular flexibility index (Phi) is 8.46. The van der Waals surface area contributed by atoms with E-state index in [1.54, 1.807) is 0 Å². The van der Waals surface area contributed by atoms with Crippen molar-refractivity contribution in [1.29, 1.82) is 0 Å². The average Bonchev–Trinajstić information content (AvgIpc) is 2.89. The molecule has 3 rings (SSSR count). The van der Waals surface area contributed by atoms with E-state index in [0.717, 1.165) is 17.0 Å². The predicted octanol–water partition coefficient (Wildman–Crippen LogP) is 6.94. The van der Waals surface area contributed by atoms with E-state index in [4.69, 9.17) is 4.74 Å². The normalized spacial score (nSPS) is 17.3.